The van der Waals surface area contributed by atoms with Crippen LogP contribution in [0.15, 0.2) is 0 Å². The quantitative estimate of drug-likeness (QED) is 0.497. The van der Waals surface area contributed by atoms with Crippen molar-refractivity contribution in [2.75, 3.05) is 26.3 Å². The van der Waals surface area contributed by atoms with Gasteiger partial charge >= 0.3 is 0 Å². The molecule has 0 radical (unpaired) electrons. The highest BCUT2D eigenvalue weighted by atomic mass is 127. The van der Waals surface area contributed by atoms with Gasteiger partial charge in [0.05, 0.1) is 13.2 Å². The Kier molecular flexibility index (Phi) is 3.28. The molecule has 0 saturated carbocycles. The molecule has 0 aromatic carbocycles. The number of halogens is 1. The zero-order chi connectivity index (χ0) is 6.69. The summed E-state index contributed by atoms with van der Waals surface area (Å²) in [7, 11) is 0. The minimum absolute atomic E-state index is 0.659. The van der Waals surface area contributed by atoms with Crippen molar-refractivity contribution < 1.29 is 4.74 Å². The Balaban J connectivity index is 2.23. The fourth-order valence-electron chi connectivity index (χ4n) is 0.933. The molecule has 0 amide bonds. The Hall–Kier alpha value is 0.715. The van der Waals surface area contributed by atoms with Crippen LogP contribution < -0.4 is 0 Å². The van der Waals surface area contributed by atoms with Gasteiger partial charge in [0, 0.05) is 13.1 Å². The first-order valence-electron chi connectivity index (χ1n) is 3.26. The van der Waals surface area contributed by atoms with E-state index < -0.39 is 0 Å². The SMILES string of the molecule is CB(I)N1CCOCC1. The van der Waals surface area contributed by atoms with Gasteiger partial charge in [-0.15, -0.1) is 22.4 Å². The average Bonchev–Trinajstić information content (AvgIpc) is 1.90. The molecule has 0 atom stereocenters. The van der Waals surface area contributed by atoms with Crippen LogP contribution in [0.2, 0.25) is 6.82 Å². The summed E-state index contributed by atoms with van der Waals surface area (Å²) in [5.74, 6) is 0. The van der Waals surface area contributed by atoms with Gasteiger partial charge < -0.3 is 9.55 Å². The molecule has 0 N–H and O–H groups in total. The molecule has 1 saturated heterocycles. The molecule has 0 aliphatic carbocycles. The van der Waals surface area contributed by atoms with Crippen molar-refractivity contribution in [3.05, 3.63) is 0 Å². The first-order chi connectivity index (χ1) is 4.30. The highest BCUT2D eigenvalue weighted by Crippen LogP contribution is 2.04. The van der Waals surface area contributed by atoms with Crippen molar-refractivity contribution in [3.8, 4) is 0 Å². The van der Waals surface area contributed by atoms with Gasteiger partial charge in [-0.2, -0.15) is 0 Å². The zero-order valence-corrected chi connectivity index (χ0v) is 7.80. The highest BCUT2D eigenvalue weighted by molar-refractivity contribution is 14.1. The van der Waals surface area contributed by atoms with E-state index in [1.54, 1.807) is 0 Å². The number of rotatable bonds is 1. The molecule has 52 valence electrons. The Labute approximate surface area is 69.9 Å². The number of hydrogen-bond donors (Lipinski definition) is 0. The number of morpholine rings is 1. The van der Waals surface area contributed by atoms with Crippen molar-refractivity contribution in [1.29, 1.82) is 0 Å². The molecule has 4 heteroatoms. The van der Waals surface area contributed by atoms with Gasteiger partial charge in [0.2, 0.25) is 0 Å². The summed E-state index contributed by atoms with van der Waals surface area (Å²) < 4.78 is 5.86. The molecule has 0 spiro atoms. The third-order valence-corrected chi connectivity index (χ3v) is 2.34. The zero-order valence-electron chi connectivity index (χ0n) is 5.64. The summed E-state index contributed by atoms with van der Waals surface area (Å²) in [5.41, 5.74) is 0. The molecule has 1 aliphatic heterocycles. The predicted molar refractivity (Wildman–Crippen MR) is 48.0 cm³/mol. The van der Waals surface area contributed by atoms with Crippen LogP contribution in [0.1, 0.15) is 0 Å². The van der Waals surface area contributed by atoms with E-state index in [9.17, 15) is 0 Å². The van der Waals surface area contributed by atoms with E-state index in [2.05, 4.69) is 34.0 Å². The molecule has 0 aromatic heterocycles. The lowest BCUT2D eigenvalue weighted by atomic mass is 9.95. The van der Waals surface area contributed by atoms with Gasteiger partial charge in [-0.1, -0.05) is 6.82 Å². The second-order valence-electron chi connectivity index (χ2n) is 2.22. The number of nitrogens with zero attached hydrogens (tertiary/aromatic N) is 1. The van der Waals surface area contributed by atoms with E-state index in [0.29, 0.717) is 4.70 Å². The maximum Gasteiger partial charge on any atom is 0.294 e. The molecule has 1 heterocycles. The average molecular weight is 239 g/mol. The minimum atomic E-state index is 0.659. The van der Waals surface area contributed by atoms with Crippen molar-refractivity contribution in [2.24, 2.45) is 0 Å². The molecule has 9 heavy (non-hydrogen) atoms. The molecule has 0 aromatic rings. The molecule has 1 fully saturated rings. The van der Waals surface area contributed by atoms with Crippen LogP contribution in [0.4, 0.5) is 0 Å². The van der Waals surface area contributed by atoms with E-state index in [1.807, 2.05) is 0 Å². The summed E-state index contributed by atoms with van der Waals surface area (Å²) in [6.45, 7) is 6.24. The summed E-state index contributed by atoms with van der Waals surface area (Å²) in [5, 5.41) is 0. The second kappa shape index (κ2) is 3.78. The number of hydrogen-bond acceptors (Lipinski definition) is 2. The summed E-state index contributed by atoms with van der Waals surface area (Å²) in [4.78, 5) is 2.42. The van der Waals surface area contributed by atoms with Crippen LogP contribution in [-0.2, 0) is 4.74 Å². The predicted octanol–water partition coefficient (Wildman–Crippen LogP) is 0.872. The lowest BCUT2D eigenvalue weighted by Crippen LogP contribution is -2.41. The van der Waals surface area contributed by atoms with Crippen molar-refractivity contribution in [2.45, 2.75) is 6.82 Å². The van der Waals surface area contributed by atoms with Crippen LogP contribution in [0, 0.1) is 0 Å². The van der Waals surface area contributed by atoms with E-state index in [-0.39, 0.29) is 0 Å². The summed E-state index contributed by atoms with van der Waals surface area (Å²) >= 11 is 2.43. The lowest BCUT2D eigenvalue weighted by molar-refractivity contribution is 0.0724. The summed E-state index contributed by atoms with van der Waals surface area (Å²) in [6, 6.07) is 0. The van der Waals surface area contributed by atoms with Gasteiger partial charge in [0.15, 0.2) is 0 Å². The van der Waals surface area contributed by atoms with Crippen LogP contribution in [0.25, 0.3) is 0 Å². The van der Waals surface area contributed by atoms with Gasteiger partial charge in [-0.3, -0.25) is 0 Å². The van der Waals surface area contributed by atoms with E-state index in [4.69, 9.17) is 4.74 Å². The van der Waals surface area contributed by atoms with Crippen molar-refractivity contribution >= 4 is 27.1 Å². The van der Waals surface area contributed by atoms with Gasteiger partial charge in [-0.05, 0) is 0 Å². The smallest absolute Gasteiger partial charge is 0.294 e. The molecular formula is C5H11BINO. The first-order valence-corrected chi connectivity index (χ1v) is 4.51. The van der Waals surface area contributed by atoms with Crippen LogP contribution in [0.5, 0.6) is 0 Å². The Morgan fingerprint density at radius 3 is 2.33 bits per heavy atom. The molecule has 2 nitrogen and oxygen atoms in total. The summed E-state index contributed by atoms with van der Waals surface area (Å²) in [6.07, 6.45) is 0. The van der Waals surface area contributed by atoms with Gasteiger partial charge in [0.1, 0.15) is 0 Å². The topological polar surface area (TPSA) is 12.5 Å². The fourth-order valence-corrected chi connectivity index (χ4v) is 1.49. The van der Waals surface area contributed by atoms with Gasteiger partial charge in [0.25, 0.3) is 4.70 Å². The standard InChI is InChI=1S/C5H11BINO/c1-6(7)8-2-4-9-5-3-8/h2-5H2,1H3. The monoisotopic (exact) mass is 239 g/mol. The van der Waals surface area contributed by atoms with Crippen LogP contribution in [-0.4, -0.2) is 35.8 Å². The Morgan fingerprint density at radius 2 is 2.00 bits per heavy atom. The fraction of sp³-hybridized carbons (Fsp3) is 1.00. The third-order valence-electron chi connectivity index (χ3n) is 1.55. The van der Waals surface area contributed by atoms with Crippen molar-refractivity contribution in [1.82, 2.24) is 4.81 Å². The van der Waals surface area contributed by atoms with Crippen molar-refractivity contribution in [3.63, 3.8) is 0 Å². The highest BCUT2D eigenvalue weighted by Gasteiger charge is 2.16. The van der Waals surface area contributed by atoms with Gasteiger partial charge in [-0.25, -0.2) is 0 Å². The largest absolute Gasteiger partial charge is 0.379 e. The maximum atomic E-state index is 5.20. The van der Waals surface area contributed by atoms with Crippen LogP contribution >= 0.6 is 22.4 Å². The molecule has 0 unspecified atom stereocenters. The van der Waals surface area contributed by atoms with E-state index >= 15 is 0 Å². The molecule has 0 bridgehead atoms. The normalized spacial score (nSPS) is 22.0. The minimum Gasteiger partial charge on any atom is -0.379 e. The lowest BCUT2D eigenvalue weighted by Gasteiger charge is -2.27. The van der Waals surface area contributed by atoms with E-state index in [1.165, 1.54) is 0 Å². The van der Waals surface area contributed by atoms with Crippen LogP contribution in [0.3, 0.4) is 0 Å². The Morgan fingerprint density at radius 1 is 1.44 bits per heavy atom. The second-order valence-corrected chi connectivity index (χ2v) is 4.03. The first kappa shape index (κ1) is 7.82. The van der Waals surface area contributed by atoms with E-state index in [0.717, 1.165) is 26.3 Å². The number of ether oxygens (including phenoxy) is 1. The molecular weight excluding hydrogens is 228 g/mol. The molecule has 1 rings (SSSR count). The Bertz CT molecular complexity index is 85.0. The third kappa shape index (κ3) is 2.43. The molecule has 1 aliphatic rings. The maximum absolute atomic E-state index is 5.20.